The van der Waals surface area contributed by atoms with E-state index < -0.39 is 12.0 Å². The Balaban J connectivity index is 2.54. The van der Waals surface area contributed by atoms with Gasteiger partial charge in [0.1, 0.15) is 11.6 Å². The first-order chi connectivity index (χ1) is 9.93. The van der Waals surface area contributed by atoms with E-state index in [0.717, 1.165) is 16.2 Å². The maximum atomic E-state index is 11.9. The Labute approximate surface area is 133 Å². The number of pyridine rings is 1. The summed E-state index contributed by atoms with van der Waals surface area (Å²) >= 11 is 4.38. The molecule has 2 rings (SSSR count). The molecule has 0 saturated carbocycles. The first-order valence-electron chi connectivity index (χ1n) is 6.03. The number of carbonyl (C=O) groups excluding carboxylic acids is 1. The van der Waals surface area contributed by atoms with Crippen LogP contribution < -0.4 is 5.32 Å². The third-order valence-electron chi connectivity index (χ3n) is 2.80. The molecular weight excluding hydrogens is 360 g/mol. The van der Waals surface area contributed by atoms with Gasteiger partial charge in [0.15, 0.2) is 10.8 Å². The summed E-state index contributed by atoms with van der Waals surface area (Å²) in [5.41, 5.74) is 1.15. The van der Waals surface area contributed by atoms with E-state index >= 15 is 0 Å². The number of aliphatic carboxylic acids is 1. The first-order valence-corrected chi connectivity index (χ1v) is 7.81. The number of carboxylic acid groups (broad SMARTS) is 1. The third-order valence-corrected chi connectivity index (χ3v) is 4.17. The largest absolute Gasteiger partial charge is 0.481 e. The van der Waals surface area contributed by atoms with E-state index in [9.17, 15) is 9.59 Å². The highest BCUT2D eigenvalue weighted by Gasteiger charge is 2.22. The summed E-state index contributed by atoms with van der Waals surface area (Å²) in [7, 11) is 1.55. The second-order valence-corrected chi connectivity index (χ2v) is 6.09. The normalized spacial score (nSPS) is 12.3. The standard InChI is InChI=1S/C12H13BrN4O3S/c1-6(11(20)14-2)17-10-8(3-7(13)4-15-10)16-12(17)21-5-9(18)19/h3-4,6H,5H2,1-2H3,(H,14,20)(H,18,19). The van der Waals surface area contributed by atoms with Crippen molar-refractivity contribution < 1.29 is 14.7 Å². The van der Waals surface area contributed by atoms with Crippen molar-refractivity contribution in [3.05, 3.63) is 16.7 Å². The van der Waals surface area contributed by atoms with Gasteiger partial charge < -0.3 is 10.4 Å². The molecule has 112 valence electrons. The topological polar surface area (TPSA) is 97.1 Å². The molecule has 0 aliphatic rings. The number of hydrogen-bond donors (Lipinski definition) is 2. The number of hydrogen-bond acceptors (Lipinski definition) is 5. The Hall–Kier alpha value is -1.61. The molecular formula is C12H13BrN4O3S. The predicted molar refractivity (Wildman–Crippen MR) is 82.4 cm³/mol. The van der Waals surface area contributed by atoms with Crippen LogP contribution >= 0.6 is 27.7 Å². The summed E-state index contributed by atoms with van der Waals surface area (Å²) in [6, 6.07) is 1.24. The molecule has 1 unspecified atom stereocenters. The van der Waals surface area contributed by atoms with Gasteiger partial charge in [0.2, 0.25) is 5.91 Å². The zero-order valence-electron chi connectivity index (χ0n) is 11.3. The Bertz CT molecular complexity index is 703. The summed E-state index contributed by atoms with van der Waals surface area (Å²) in [6.45, 7) is 1.72. The molecule has 9 heteroatoms. The molecule has 2 aromatic rings. The van der Waals surface area contributed by atoms with Crippen LogP contribution in [-0.2, 0) is 9.59 Å². The molecule has 0 aliphatic carbocycles. The maximum absolute atomic E-state index is 11.9. The van der Waals surface area contributed by atoms with Gasteiger partial charge in [-0.2, -0.15) is 0 Å². The van der Waals surface area contributed by atoms with Crippen LogP contribution in [0.25, 0.3) is 11.2 Å². The number of rotatable bonds is 5. The van der Waals surface area contributed by atoms with E-state index in [1.54, 1.807) is 30.8 Å². The highest BCUT2D eigenvalue weighted by atomic mass is 79.9. The number of halogens is 1. The average Bonchev–Trinajstić information content (AvgIpc) is 2.80. The smallest absolute Gasteiger partial charge is 0.313 e. The number of fused-ring (bicyclic) bond motifs is 1. The summed E-state index contributed by atoms with van der Waals surface area (Å²) in [5.74, 6) is -1.28. The van der Waals surface area contributed by atoms with Crippen LogP contribution in [0.15, 0.2) is 21.9 Å². The van der Waals surface area contributed by atoms with Gasteiger partial charge in [0, 0.05) is 17.7 Å². The van der Waals surface area contributed by atoms with E-state index in [1.807, 2.05) is 0 Å². The second-order valence-electron chi connectivity index (χ2n) is 4.23. The number of imidazole rings is 1. The van der Waals surface area contributed by atoms with Gasteiger partial charge in [-0.1, -0.05) is 11.8 Å². The van der Waals surface area contributed by atoms with Gasteiger partial charge in [0.05, 0.1) is 5.75 Å². The fourth-order valence-corrected chi connectivity index (χ4v) is 2.96. The SMILES string of the molecule is CNC(=O)C(C)n1c(SCC(=O)O)nc2cc(Br)cnc21. The number of nitrogens with zero attached hydrogens (tertiary/aromatic N) is 3. The zero-order chi connectivity index (χ0) is 15.6. The van der Waals surface area contributed by atoms with Gasteiger partial charge in [0.25, 0.3) is 0 Å². The van der Waals surface area contributed by atoms with Crippen molar-refractivity contribution in [2.45, 2.75) is 18.1 Å². The maximum Gasteiger partial charge on any atom is 0.313 e. The van der Waals surface area contributed by atoms with Crippen LogP contribution in [0, 0.1) is 0 Å². The van der Waals surface area contributed by atoms with Crippen molar-refractivity contribution in [2.24, 2.45) is 0 Å². The number of amides is 1. The molecule has 1 amide bonds. The number of aromatic nitrogens is 3. The Morgan fingerprint density at radius 1 is 1.57 bits per heavy atom. The van der Waals surface area contributed by atoms with E-state index in [1.165, 1.54) is 0 Å². The highest BCUT2D eigenvalue weighted by Crippen LogP contribution is 2.28. The molecule has 0 saturated heterocycles. The van der Waals surface area contributed by atoms with Crippen LogP contribution in [0.3, 0.4) is 0 Å². The lowest BCUT2D eigenvalue weighted by Gasteiger charge is -2.14. The summed E-state index contributed by atoms with van der Waals surface area (Å²) in [6.07, 6.45) is 1.61. The van der Waals surface area contributed by atoms with E-state index in [-0.39, 0.29) is 11.7 Å². The van der Waals surface area contributed by atoms with Gasteiger partial charge >= 0.3 is 5.97 Å². The molecule has 0 radical (unpaired) electrons. The molecule has 2 aromatic heterocycles. The predicted octanol–water partition coefficient (Wildman–Crippen LogP) is 1.68. The van der Waals surface area contributed by atoms with Crippen molar-refractivity contribution in [2.75, 3.05) is 12.8 Å². The quantitative estimate of drug-likeness (QED) is 0.774. The lowest BCUT2D eigenvalue weighted by atomic mass is 10.3. The van der Waals surface area contributed by atoms with E-state index in [4.69, 9.17) is 5.11 Å². The Morgan fingerprint density at radius 2 is 2.29 bits per heavy atom. The molecule has 7 nitrogen and oxygen atoms in total. The minimum absolute atomic E-state index is 0.134. The summed E-state index contributed by atoms with van der Waals surface area (Å²) in [4.78, 5) is 31.3. The lowest BCUT2D eigenvalue weighted by molar-refractivity contribution is -0.133. The van der Waals surface area contributed by atoms with Crippen molar-refractivity contribution >= 4 is 50.7 Å². The Morgan fingerprint density at radius 3 is 2.90 bits per heavy atom. The van der Waals surface area contributed by atoms with E-state index in [2.05, 4.69) is 31.2 Å². The number of carboxylic acids is 1. The lowest BCUT2D eigenvalue weighted by Crippen LogP contribution is -2.28. The van der Waals surface area contributed by atoms with Gasteiger partial charge in [-0.25, -0.2) is 9.97 Å². The number of likely N-dealkylation sites (N-methyl/N-ethyl adjacent to an activating group) is 1. The molecule has 1 atom stereocenters. The molecule has 0 bridgehead atoms. The molecule has 0 aliphatic heterocycles. The zero-order valence-corrected chi connectivity index (χ0v) is 13.7. The second kappa shape index (κ2) is 6.44. The van der Waals surface area contributed by atoms with Gasteiger partial charge in [-0.05, 0) is 28.9 Å². The van der Waals surface area contributed by atoms with Crippen molar-refractivity contribution in [3.8, 4) is 0 Å². The molecule has 21 heavy (non-hydrogen) atoms. The first kappa shape index (κ1) is 15.8. The molecule has 0 aromatic carbocycles. The van der Waals surface area contributed by atoms with Crippen LogP contribution in [-0.4, -0.2) is 44.3 Å². The number of thioether (sulfide) groups is 1. The van der Waals surface area contributed by atoms with Crippen molar-refractivity contribution in [3.63, 3.8) is 0 Å². The molecule has 0 spiro atoms. The average molecular weight is 373 g/mol. The van der Waals surface area contributed by atoms with E-state index in [0.29, 0.717) is 16.3 Å². The molecule has 0 fully saturated rings. The summed E-state index contributed by atoms with van der Waals surface area (Å²) in [5, 5.41) is 11.8. The van der Waals surface area contributed by atoms with Crippen LogP contribution in [0.5, 0.6) is 0 Å². The Kier molecular flexibility index (Phi) is 4.84. The number of carbonyl (C=O) groups is 2. The monoisotopic (exact) mass is 372 g/mol. The minimum Gasteiger partial charge on any atom is -0.481 e. The van der Waals surface area contributed by atoms with Crippen molar-refractivity contribution in [1.82, 2.24) is 19.9 Å². The highest BCUT2D eigenvalue weighted by molar-refractivity contribution is 9.10. The third kappa shape index (κ3) is 3.35. The minimum atomic E-state index is -0.944. The summed E-state index contributed by atoms with van der Waals surface area (Å²) < 4.78 is 2.41. The number of nitrogens with one attached hydrogen (secondary N) is 1. The van der Waals surface area contributed by atoms with Gasteiger partial charge in [-0.15, -0.1) is 0 Å². The molecule has 2 heterocycles. The van der Waals surface area contributed by atoms with Crippen LogP contribution in [0.4, 0.5) is 0 Å². The van der Waals surface area contributed by atoms with Crippen molar-refractivity contribution in [1.29, 1.82) is 0 Å². The fraction of sp³-hybridized carbons (Fsp3) is 0.333. The van der Waals surface area contributed by atoms with Crippen LogP contribution in [0.2, 0.25) is 0 Å². The van der Waals surface area contributed by atoms with Crippen LogP contribution in [0.1, 0.15) is 13.0 Å². The fourth-order valence-electron chi connectivity index (χ4n) is 1.84. The molecule has 2 N–H and O–H groups in total. The van der Waals surface area contributed by atoms with Gasteiger partial charge in [-0.3, -0.25) is 14.2 Å².